The number of hydrogen-bond donors (Lipinski definition) is 2. The van der Waals surface area contributed by atoms with E-state index < -0.39 is 18.1 Å². The maximum absolute atomic E-state index is 12.1. The van der Waals surface area contributed by atoms with Gasteiger partial charge in [-0.3, -0.25) is 4.98 Å². The Morgan fingerprint density at radius 1 is 1.06 bits per heavy atom. The third-order valence-electron chi connectivity index (χ3n) is 6.94. The molecule has 2 N–H and O–H groups in total. The summed E-state index contributed by atoms with van der Waals surface area (Å²) in [5.41, 5.74) is 4.76. The van der Waals surface area contributed by atoms with Gasteiger partial charge in [0.1, 0.15) is 12.6 Å². The number of benzene rings is 1. The zero-order valence-electron chi connectivity index (χ0n) is 20.5. The van der Waals surface area contributed by atoms with E-state index in [9.17, 15) is 14.7 Å². The lowest BCUT2D eigenvalue weighted by Gasteiger charge is -2.24. The molecule has 1 atom stereocenters. The molecule has 35 heavy (non-hydrogen) atoms. The topological polar surface area (TPSA) is 91.8 Å². The quantitative estimate of drug-likeness (QED) is 0.411. The molecule has 0 aliphatic heterocycles. The van der Waals surface area contributed by atoms with E-state index in [0.29, 0.717) is 19.0 Å². The smallest absolute Gasteiger partial charge is 0.408 e. The van der Waals surface area contributed by atoms with Crippen molar-refractivity contribution in [2.24, 2.45) is 0 Å². The summed E-state index contributed by atoms with van der Waals surface area (Å²) in [7, 11) is 0. The minimum absolute atomic E-state index is 0.117. The van der Waals surface area contributed by atoms with Gasteiger partial charge in [-0.1, -0.05) is 36.4 Å². The Hall–Kier alpha value is -2.93. The van der Waals surface area contributed by atoms with E-state index in [4.69, 9.17) is 9.72 Å². The molecule has 1 heterocycles. The summed E-state index contributed by atoms with van der Waals surface area (Å²) in [4.78, 5) is 31.1. The highest BCUT2D eigenvalue weighted by molar-refractivity contribution is 5.79. The highest BCUT2D eigenvalue weighted by Gasteiger charge is 2.30. The second kappa shape index (κ2) is 12.7. The molecule has 7 heteroatoms. The Labute approximate surface area is 207 Å². The van der Waals surface area contributed by atoms with Gasteiger partial charge in [0.15, 0.2) is 0 Å². The summed E-state index contributed by atoms with van der Waals surface area (Å²) in [5.74, 6) is -1.03. The van der Waals surface area contributed by atoms with Gasteiger partial charge in [0.25, 0.3) is 0 Å². The summed E-state index contributed by atoms with van der Waals surface area (Å²) >= 11 is 0. The summed E-state index contributed by atoms with van der Waals surface area (Å²) in [6, 6.07) is 13.4. The molecule has 0 spiro atoms. The van der Waals surface area contributed by atoms with Crippen molar-refractivity contribution < 1.29 is 19.4 Å². The lowest BCUT2D eigenvalue weighted by Crippen LogP contribution is -2.43. The van der Waals surface area contributed by atoms with Crippen LogP contribution in [0, 0.1) is 0 Å². The zero-order valence-corrected chi connectivity index (χ0v) is 20.5. The Morgan fingerprint density at radius 2 is 1.86 bits per heavy atom. The van der Waals surface area contributed by atoms with E-state index in [1.807, 2.05) is 30.3 Å². The number of hydrogen-bond acceptors (Lipinski definition) is 5. The number of carbonyl (C=O) groups is 2. The van der Waals surface area contributed by atoms with Crippen LogP contribution in [0.1, 0.15) is 67.5 Å². The summed E-state index contributed by atoms with van der Waals surface area (Å²) in [5, 5.41) is 12.1. The number of unbranched alkanes of at least 4 members (excludes halogenated alkanes) is 1. The number of rotatable bonds is 13. The van der Waals surface area contributed by atoms with Gasteiger partial charge in [-0.2, -0.15) is 0 Å². The fraction of sp³-hybridized carbons (Fsp3) is 0.536. The first-order valence-corrected chi connectivity index (χ1v) is 13.0. The number of aromatic nitrogens is 1. The van der Waals surface area contributed by atoms with Crippen LogP contribution in [-0.2, 0) is 35.4 Å². The van der Waals surface area contributed by atoms with E-state index in [1.54, 1.807) is 0 Å². The fourth-order valence-corrected chi connectivity index (χ4v) is 4.76. The third-order valence-corrected chi connectivity index (χ3v) is 6.94. The number of alkyl carbamates (subject to hydrolysis) is 1. The number of carboxylic acid groups (broad SMARTS) is 1. The summed E-state index contributed by atoms with van der Waals surface area (Å²) in [6.45, 7) is 1.71. The molecule has 0 unspecified atom stereocenters. The molecule has 2 aliphatic rings. The van der Waals surface area contributed by atoms with Crippen molar-refractivity contribution in [3.05, 3.63) is 65.0 Å². The first-order valence-electron chi connectivity index (χ1n) is 13.0. The molecule has 2 aromatic rings. The molecule has 0 bridgehead atoms. The average molecular weight is 480 g/mol. The number of nitrogens with one attached hydrogen (secondary N) is 1. The predicted octanol–water partition coefficient (Wildman–Crippen LogP) is 4.52. The number of ether oxygens (including phenoxy) is 1. The van der Waals surface area contributed by atoms with Crippen LogP contribution in [0.2, 0.25) is 0 Å². The molecule has 1 aromatic heterocycles. The number of pyridine rings is 1. The number of fused-ring (bicyclic) bond motifs is 1. The number of aliphatic carboxylic acids is 1. The Morgan fingerprint density at radius 3 is 2.63 bits per heavy atom. The lowest BCUT2D eigenvalue weighted by atomic mass is 9.95. The van der Waals surface area contributed by atoms with Crippen LogP contribution in [0.5, 0.6) is 0 Å². The van der Waals surface area contributed by atoms with Gasteiger partial charge in [0.2, 0.25) is 0 Å². The largest absolute Gasteiger partial charge is 0.480 e. The second-order valence-corrected chi connectivity index (χ2v) is 9.73. The standard InChI is InChI=1S/C28H37N3O4/c32-27(33)26(30-28(34)35-20-21-8-2-1-3-9-21)17-19-31(24-15-16-24)18-7-6-11-23-14-13-22-10-4-5-12-25(22)29-23/h1-3,8-9,13-14,24,26H,4-7,10-12,15-20H2,(H,30,34)(H,32,33)/t26-/m0/s1. The molecule has 1 saturated carbocycles. The van der Waals surface area contributed by atoms with Crippen molar-refractivity contribution >= 4 is 12.1 Å². The minimum atomic E-state index is -1.03. The number of nitrogens with zero attached hydrogens (tertiary/aromatic N) is 2. The molecule has 0 radical (unpaired) electrons. The Bertz CT molecular complexity index is 977. The van der Waals surface area contributed by atoms with E-state index in [2.05, 4.69) is 22.3 Å². The van der Waals surface area contributed by atoms with Crippen molar-refractivity contribution in [2.75, 3.05) is 13.1 Å². The maximum atomic E-state index is 12.1. The molecule has 0 saturated heterocycles. The number of amides is 1. The SMILES string of the molecule is O=C(N[C@@H](CCN(CCCCc1ccc2c(n1)CCCC2)C1CC1)C(=O)O)OCc1ccccc1. The predicted molar refractivity (Wildman–Crippen MR) is 134 cm³/mol. The molecule has 1 amide bonds. The van der Waals surface area contributed by atoms with E-state index in [0.717, 1.165) is 57.1 Å². The lowest BCUT2D eigenvalue weighted by molar-refractivity contribution is -0.139. The Kier molecular flexibility index (Phi) is 9.12. The molecular formula is C28H37N3O4. The molecule has 1 aromatic carbocycles. The van der Waals surface area contributed by atoms with Gasteiger partial charge < -0.3 is 20.1 Å². The van der Waals surface area contributed by atoms with Gasteiger partial charge in [0.05, 0.1) is 0 Å². The molecule has 188 valence electrons. The fourth-order valence-electron chi connectivity index (χ4n) is 4.76. The maximum Gasteiger partial charge on any atom is 0.408 e. The summed E-state index contributed by atoms with van der Waals surface area (Å²) in [6.07, 6.45) is 9.89. The molecular weight excluding hydrogens is 442 g/mol. The van der Waals surface area contributed by atoms with Crippen molar-refractivity contribution in [3.63, 3.8) is 0 Å². The highest BCUT2D eigenvalue weighted by Crippen LogP contribution is 2.27. The van der Waals surface area contributed by atoms with Gasteiger partial charge >= 0.3 is 12.1 Å². The van der Waals surface area contributed by atoms with Crippen molar-refractivity contribution in [1.82, 2.24) is 15.2 Å². The van der Waals surface area contributed by atoms with Crippen LogP contribution >= 0.6 is 0 Å². The third kappa shape index (κ3) is 8.06. The van der Waals surface area contributed by atoms with Crippen LogP contribution in [0.15, 0.2) is 42.5 Å². The second-order valence-electron chi connectivity index (χ2n) is 9.73. The van der Waals surface area contributed by atoms with Crippen LogP contribution < -0.4 is 5.32 Å². The van der Waals surface area contributed by atoms with E-state index in [1.165, 1.54) is 29.8 Å². The number of carboxylic acids is 1. The van der Waals surface area contributed by atoms with Crippen molar-refractivity contribution in [1.29, 1.82) is 0 Å². The monoisotopic (exact) mass is 479 g/mol. The molecule has 1 fully saturated rings. The van der Waals surface area contributed by atoms with Crippen molar-refractivity contribution in [3.8, 4) is 0 Å². The van der Waals surface area contributed by atoms with Gasteiger partial charge in [0, 0.05) is 24.0 Å². The number of aryl methyl sites for hydroxylation is 3. The van der Waals surface area contributed by atoms with E-state index >= 15 is 0 Å². The van der Waals surface area contributed by atoms with E-state index in [-0.39, 0.29) is 6.61 Å². The molecule has 2 aliphatic carbocycles. The van der Waals surface area contributed by atoms with Gasteiger partial charge in [-0.25, -0.2) is 9.59 Å². The first kappa shape index (κ1) is 25.2. The average Bonchev–Trinajstić information content (AvgIpc) is 3.72. The van der Waals surface area contributed by atoms with Crippen molar-refractivity contribution in [2.45, 2.75) is 82.9 Å². The van der Waals surface area contributed by atoms with Crippen LogP contribution in [0.4, 0.5) is 4.79 Å². The molecule has 4 rings (SSSR count). The Balaban J connectivity index is 1.18. The van der Waals surface area contributed by atoms with Crippen LogP contribution in [0.3, 0.4) is 0 Å². The number of carbonyl (C=O) groups excluding carboxylic acids is 1. The summed E-state index contributed by atoms with van der Waals surface area (Å²) < 4.78 is 5.20. The molecule has 7 nitrogen and oxygen atoms in total. The minimum Gasteiger partial charge on any atom is -0.480 e. The zero-order chi connectivity index (χ0) is 24.5. The van der Waals surface area contributed by atoms with Gasteiger partial charge in [-0.05, 0) is 87.9 Å². The first-order chi connectivity index (χ1) is 17.1. The van der Waals surface area contributed by atoms with Crippen LogP contribution in [-0.4, -0.2) is 52.2 Å². The normalized spacial score (nSPS) is 15.9. The van der Waals surface area contributed by atoms with Crippen LogP contribution in [0.25, 0.3) is 0 Å². The highest BCUT2D eigenvalue weighted by atomic mass is 16.5. The van der Waals surface area contributed by atoms with Gasteiger partial charge in [-0.15, -0.1) is 0 Å².